The zero-order chi connectivity index (χ0) is 23.5. The number of rotatable bonds is 6. The zero-order valence-corrected chi connectivity index (χ0v) is 20.9. The van der Waals surface area contributed by atoms with Crippen LogP contribution in [0.2, 0.25) is 0 Å². The summed E-state index contributed by atoms with van der Waals surface area (Å²) in [4.78, 5) is 0. The van der Waals surface area contributed by atoms with Crippen LogP contribution in [0.5, 0.6) is 11.5 Å². The number of nitrogens with zero attached hydrogens (tertiary/aromatic N) is 1. The van der Waals surface area contributed by atoms with Crippen molar-refractivity contribution >= 4 is 23.1 Å². The third kappa shape index (κ3) is 5.35. The lowest BCUT2D eigenvalue weighted by molar-refractivity contribution is -0.646. The van der Waals surface area contributed by atoms with E-state index in [4.69, 9.17) is 14.2 Å². The Kier molecular flexibility index (Phi) is 8.85. The van der Waals surface area contributed by atoms with Gasteiger partial charge in [-0.15, -0.1) is 0 Å². The molecule has 1 aliphatic rings. The normalized spacial score (nSPS) is 24.7. The van der Waals surface area contributed by atoms with Gasteiger partial charge in [-0.3, -0.25) is 0 Å². The first-order chi connectivity index (χ1) is 15.9. The van der Waals surface area contributed by atoms with Crippen LogP contribution in [0.1, 0.15) is 11.3 Å². The molecular formula is C25H28INO7. The quantitative estimate of drug-likeness (QED) is 0.198. The molecular weight excluding hydrogens is 553 g/mol. The molecule has 0 unspecified atom stereocenters. The number of aromatic nitrogens is 1. The summed E-state index contributed by atoms with van der Waals surface area (Å²) in [5.74, 6) is 0.687. The number of hydrogen-bond donors (Lipinski definition) is 4. The van der Waals surface area contributed by atoms with Crippen molar-refractivity contribution < 1.29 is 63.2 Å². The molecule has 3 aromatic rings. The number of ether oxygens (including phenoxy) is 3. The lowest BCUT2D eigenvalue weighted by atomic mass is 9.99. The van der Waals surface area contributed by atoms with Crippen LogP contribution in [-0.4, -0.2) is 64.8 Å². The van der Waals surface area contributed by atoms with E-state index in [9.17, 15) is 20.4 Å². The van der Waals surface area contributed by atoms with Crippen LogP contribution in [0.4, 0.5) is 0 Å². The topological polar surface area (TPSA) is 112 Å². The first kappa shape index (κ1) is 26.3. The summed E-state index contributed by atoms with van der Waals surface area (Å²) in [6, 6.07) is 17.5. The summed E-state index contributed by atoms with van der Waals surface area (Å²) in [5, 5.41) is 40.6. The Hall–Kier alpha value is -2.28. The van der Waals surface area contributed by atoms with Gasteiger partial charge < -0.3 is 58.6 Å². The molecule has 0 bridgehead atoms. The third-order valence-electron chi connectivity index (χ3n) is 5.84. The standard InChI is InChI=1S/C25H28NO7.HI/c1-26-17(11-9-16-5-3-4-6-18(16)26)10-7-15-8-12-19(20(13-15)31-2)32-25-24(30)23(29)22(28)21(14-27)33-25;/h3-13,21-25,27-30H,14H2,1-2H3;1H/q+1;/p-1/t21-,22+,23+,24-,25-;/m1./s1. The summed E-state index contributed by atoms with van der Waals surface area (Å²) in [6.07, 6.45) is -2.85. The van der Waals surface area contributed by atoms with Crippen molar-refractivity contribution in [3.05, 3.63) is 65.9 Å². The van der Waals surface area contributed by atoms with E-state index in [2.05, 4.69) is 22.8 Å². The van der Waals surface area contributed by atoms with Gasteiger partial charge in [-0.05, 0) is 35.9 Å². The van der Waals surface area contributed by atoms with Crippen molar-refractivity contribution in [3.63, 3.8) is 0 Å². The van der Waals surface area contributed by atoms with E-state index in [1.165, 1.54) is 7.11 Å². The highest BCUT2D eigenvalue weighted by Gasteiger charge is 2.44. The smallest absolute Gasteiger partial charge is 0.229 e. The Bertz CT molecular complexity index is 1150. The summed E-state index contributed by atoms with van der Waals surface area (Å²) >= 11 is 0. The molecule has 4 N–H and O–H groups in total. The summed E-state index contributed by atoms with van der Waals surface area (Å²) in [6.45, 7) is -0.530. The molecule has 0 spiro atoms. The minimum Gasteiger partial charge on any atom is -1.00 e. The van der Waals surface area contributed by atoms with Crippen molar-refractivity contribution in [1.82, 2.24) is 0 Å². The van der Waals surface area contributed by atoms with E-state index in [-0.39, 0.29) is 29.7 Å². The van der Waals surface area contributed by atoms with Crippen LogP contribution in [0.15, 0.2) is 54.6 Å². The Balaban J connectivity index is 0.00000324. The van der Waals surface area contributed by atoms with Gasteiger partial charge in [0, 0.05) is 23.6 Å². The van der Waals surface area contributed by atoms with E-state index in [0.717, 1.165) is 22.2 Å². The Morgan fingerprint density at radius 3 is 2.44 bits per heavy atom. The number of methoxy groups -OCH3 is 1. The van der Waals surface area contributed by atoms with Gasteiger partial charge in [0.15, 0.2) is 11.5 Å². The molecule has 5 atom stereocenters. The summed E-state index contributed by atoms with van der Waals surface area (Å²) < 4.78 is 18.7. The number of aryl methyl sites for hydroxylation is 1. The van der Waals surface area contributed by atoms with Crippen LogP contribution in [0.25, 0.3) is 23.1 Å². The van der Waals surface area contributed by atoms with E-state index in [0.29, 0.717) is 5.75 Å². The molecule has 0 aliphatic carbocycles. The summed E-state index contributed by atoms with van der Waals surface area (Å²) in [7, 11) is 3.51. The fourth-order valence-corrected chi connectivity index (χ4v) is 3.88. The predicted molar refractivity (Wildman–Crippen MR) is 121 cm³/mol. The van der Waals surface area contributed by atoms with Gasteiger partial charge in [-0.1, -0.05) is 18.2 Å². The molecule has 0 saturated carbocycles. The summed E-state index contributed by atoms with van der Waals surface area (Å²) in [5.41, 5.74) is 3.01. The van der Waals surface area contributed by atoms with E-state index in [1.807, 2.05) is 43.5 Å². The lowest BCUT2D eigenvalue weighted by Gasteiger charge is -2.39. The molecule has 2 aromatic carbocycles. The van der Waals surface area contributed by atoms with Crippen LogP contribution in [0, 0.1) is 0 Å². The predicted octanol–water partition coefficient (Wildman–Crippen LogP) is -1.97. The Labute approximate surface area is 214 Å². The Morgan fingerprint density at radius 2 is 1.71 bits per heavy atom. The number of fused-ring (bicyclic) bond motifs is 1. The minimum atomic E-state index is -1.52. The first-order valence-corrected chi connectivity index (χ1v) is 10.6. The van der Waals surface area contributed by atoms with Crippen molar-refractivity contribution in [3.8, 4) is 11.5 Å². The Morgan fingerprint density at radius 1 is 0.941 bits per heavy atom. The highest BCUT2D eigenvalue weighted by molar-refractivity contribution is 5.77. The number of halogens is 1. The van der Waals surface area contributed by atoms with Crippen molar-refractivity contribution in [2.24, 2.45) is 7.05 Å². The van der Waals surface area contributed by atoms with Crippen LogP contribution in [0.3, 0.4) is 0 Å². The van der Waals surface area contributed by atoms with Gasteiger partial charge in [0.25, 0.3) is 0 Å². The van der Waals surface area contributed by atoms with Crippen molar-refractivity contribution in [2.75, 3.05) is 13.7 Å². The molecule has 2 heterocycles. The highest BCUT2D eigenvalue weighted by Crippen LogP contribution is 2.32. The average Bonchev–Trinajstić information content (AvgIpc) is 2.84. The van der Waals surface area contributed by atoms with Gasteiger partial charge >= 0.3 is 0 Å². The maximum Gasteiger partial charge on any atom is 0.229 e. The van der Waals surface area contributed by atoms with Gasteiger partial charge in [-0.2, -0.15) is 4.57 Å². The second-order valence-electron chi connectivity index (χ2n) is 7.93. The average molecular weight is 581 g/mol. The molecule has 34 heavy (non-hydrogen) atoms. The fraction of sp³-hybridized carbons (Fsp3) is 0.320. The number of para-hydroxylation sites is 1. The monoisotopic (exact) mass is 581 g/mol. The largest absolute Gasteiger partial charge is 1.00 e. The minimum absolute atomic E-state index is 0. The van der Waals surface area contributed by atoms with Gasteiger partial charge in [0.2, 0.25) is 17.5 Å². The van der Waals surface area contributed by atoms with Crippen molar-refractivity contribution in [1.29, 1.82) is 0 Å². The number of benzene rings is 2. The maximum atomic E-state index is 10.2. The number of hydrogen-bond acceptors (Lipinski definition) is 7. The second kappa shape index (κ2) is 11.4. The van der Waals surface area contributed by atoms with Gasteiger partial charge in [0.1, 0.15) is 31.5 Å². The molecule has 4 rings (SSSR count). The fourth-order valence-electron chi connectivity index (χ4n) is 3.88. The molecule has 1 aromatic heterocycles. The molecule has 1 saturated heterocycles. The van der Waals surface area contributed by atoms with E-state index in [1.54, 1.807) is 12.1 Å². The van der Waals surface area contributed by atoms with Gasteiger partial charge in [-0.25, -0.2) is 0 Å². The van der Waals surface area contributed by atoms with Crippen LogP contribution < -0.4 is 38.0 Å². The second-order valence-corrected chi connectivity index (χ2v) is 7.93. The van der Waals surface area contributed by atoms with E-state index >= 15 is 0 Å². The molecule has 0 radical (unpaired) electrons. The molecule has 182 valence electrons. The SMILES string of the molecule is COc1cc(C=Cc2ccc3ccccc3[n+]2C)ccc1O[C@@H]1O[C@H](CO)[C@H](O)[C@H](O)[C@H]1O.[I-]. The lowest BCUT2D eigenvalue weighted by Crippen LogP contribution is -3.00. The number of pyridine rings is 1. The van der Waals surface area contributed by atoms with Gasteiger partial charge in [0.05, 0.1) is 13.7 Å². The molecule has 8 nitrogen and oxygen atoms in total. The van der Waals surface area contributed by atoms with Crippen molar-refractivity contribution in [2.45, 2.75) is 30.7 Å². The molecule has 1 fully saturated rings. The zero-order valence-electron chi connectivity index (χ0n) is 18.8. The maximum absolute atomic E-state index is 10.2. The number of aliphatic hydroxyl groups excluding tert-OH is 4. The first-order valence-electron chi connectivity index (χ1n) is 10.6. The van der Waals surface area contributed by atoms with Crippen LogP contribution >= 0.6 is 0 Å². The molecule has 0 amide bonds. The van der Waals surface area contributed by atoms with Crippen LogP contribution in [-0.2, 0) is 11.8 Å². The molecule has 1 aliphatic heterocycles. The molecule has 9 heteroatoms. The number of aliphatic hydroxyl groups is 4. The highest BCUT2D eigenvalue weighted by atomic mass is 127. The van der Waals surface area contributed by atoms with E-state index < -0.39 is 37.3 Å². The third-order valence-corrected chi connectivity index (χ3v) is 5.84.